The molecule has 0 unspecified atom stereocenters. The quantitative estimate of drug-likeness (QED) is 0.432. The van der Waals surface area contributed by atoms with E-state index >= 15 is 0 Å². The van der Waals surface area contributed by atoms with Crippen molar-refractivity contribution in [2.75, 3.05) is 6.61 Å². The fraction of sp³-hybridized carbons (Fsp3) is 0.333. The second kappa shape index (κ2) is 1.46. The molecule has 0 amide bonds. The second-order valence-corrected chi connectivity index (χ2v) is 1.02. The van der Waals surface area contributed by atoms with E-state index in [9.17, 15) is 8.78 Å². The normalized spacial score (nSPS) is 20.3. The predicted octanol–water partition coefficient (Wildman–Crippen LogP) is 1.06. The highest BCUT2D eigenvalue weighted by Gasteiger charge is 2.16. The molecule has 7 heavy (non-hydrogen) atoms. The average molecular weight is 108 g/mol. The highest BCUT2D eigenvalue weighted by atomic mass is 19.2. The maximum Gasteiger partial charge on any atom is 0.345 e. The van der Waals surface area contributed by atoms with Gasteiger partial charge < -0.3 is 4.89 Å². The Kier molecular flexibility index (Phi) is 0.941. The summed E-state index contributed by atoms with van der Waals surface area (Å²) >= 11 is 0. The lowest BCUT2D eigenvalue weighted by molar-refractivity contribution is -0.248. The summed E-state index contributed by atoms with van der Waals surface area (Å²) in [5.74, 6) is -0.986. The molecule has 0 aromatic heterocycles. The molecule has 0 saturated carbocycles. The van der Waals surface area contributed by atoms with Crippen LogP contribution in [0.5, 0.6) is 0 Å². The van der Waals surface area contributed by atoms with Crippen LogP contribution in [0.2, 0.25) is 0 Å². The highest BCUT2D eigenvalue weighted by molar-refractivity contribution is 4.94. The number of rotatable bonds is 0. The van der Waals surface area contributed by atoms with Gasteiger partial charge in [0.15, 0.2) is 6.61 Å². The molecule has 0 aromatic carbocycles. The maximum atomic E-state index is 11.6. The molecule has 0 spiro atoms. The van der Waals surface area contributed by atoms with E-state index in [1.807, 2.05) is 0 Å². The summed E-state index contributed by atoms with van der Waals surface area (Å²) in [6.07, 6.45) is 0. The summed E-state index contributed by atoms with van der Waals surface area (Å²) in [4.78, 5) is 7.45. The zero-order valence-corrected chi connectivity index (χ0v) is 3.28. The van der Waals surface area contributed by atoms with Crippen molar-refractivity contribution in [3.8, 4) is 0 Å². The Morgan fingerprint density at radius 1 is 1.43 bits per heavy atom. The minimum atomic E-state index is -1.26. The summed E-state index contributed by atoms with van der Waals surface area (Å²) in [5.41, 5.74) is 0. The van der Waals surface area contributed by atoms with Crippen molar-refractivity contribution in [1.82, 2.24) is 0 Å². The van der Waals surface area contributed by atoms with Gasteiger partial charge in [-0.3, -0.25) is 0 Å². The third-order valence-electron chi connectivity index (χ3n) is 0.531. The Balaban J connectivity index is 2.64. The molecule has 40 valence electrons. The smallest absolute Gasteiger partial charge is 0.303 e. The molecule has 1 rings (SSSR count). The molecule has 0 atom stereocenters. The largest absolute Gasteiger partial charge is 0.345 e. The van der Waals surface area contributed by atoms with Crippen LogP contribution in [0.1, 0.15) is 0 Å². The van der Waals surface area contributed by atoms with Crippen LogP contribution in [0.3, 0.4) is 0 Å². The average Bonchev–Trinajstić information content (AvgIpc) is 1.91. The van der Waals surface area contributed by atoms with Crippen LogP contribution in [0.25, 0.3) is 0 Å². The highest BCUT2D eigenvalue weighted by Crippen LogP contribution is 2.16. The van der Waals surface area contributed by atoms with Crippen LogP contribution < -0.4 is 0 Å². The molecular formula is C3H2F2O2. The van der Waals surface area contributed by atoms with Crippen molar-refractivity contribution in [1.29, 1.82) is 0 Å². The maximum absolute atomic E-state index is 11.6. The summed E-state index contributed by atoms with van der Waals surface area (Å²) in [7, 11) is 0. The molecule has 1 heterocycles. The molecule has 0 radical (unpaired) electrons. The van der Waals surface area contributed by atoms with Crippen molar-refractivity contribution in [2.45, 2.75) is 0 Å². The third kappa shape index (κ3) is 0.691. The summed E-state index contributed by atoms with van der Waals surface area (Å²) in [5, 5.41) is 0. The van der Waals surface area contributed by atoms with E-state index in [4.69, 9.17) is 0 Å². The Hall–Kier alpha value is -0.640. The van der Waals surface area contributed by atoms with Gasteiger partial charge in [-0.15, -0.1) is 0 Å². The monoisotopic (exact) mass is 108 g/mol. The lowest BCUT2D eigenvalue weighted by Gasteiger charge is -1.82. The number of hydrogen-bond donors (Lipinski definition) is 0. The Morgan fingerprint density at radius 2 is 2.14 bits per heavy atom. The lowest BCUT2D eigenvalue weighted by Crippen LogP contribution is -1.78. The van der Waals surface area contributed by atoms with Gasteiger partial charge in [-0.25, -0.2) is 4.39 Å². The Morgan fingerprint density at radius 3 is 2.29 bits per heavy atom. The second-order valence-electron chi connectivity index (χ2n) is 1.02. The van der Waals surface area contributed by atoms with Crippen molar-refractivity contribution < 1.29 is 18.6 Å². The first-order valence-electron chi connectivity index (χ1n) is 1.64. The fourth-order valence-corrected chi connectivity index (χ4v) is 0.235. The van der Waals surface area contributed by atoms with Gasteiger partial charge in [-0.1, -0.05) is 0 Å². The fourth-order valence-electron chi connectivity index (χ4n) is 0.235. The van der Waals surface area contributed by atoms with Crippen molar-refractivity contribution >= 4 is 0 Å². The molecule has 1 aliphatic heterocycles. The van der Waals surface area contributed by atoms with Gasteiger partial charge in [0.2, 0.25) is 5.83 Å². The molecule has 4 heteroatoms. The first-order chi connectivity index (χ1) is 3.30. The Bertz CT molecular complexity index is 97.5. The van der Waals surface area contributed by atoms with Crippen LogP contribution in [-0.2, 0) is 9.78 Å². The minimum absolute atomic E-state index is 0.411. The molecule has 1 aliphatic rings. The van der Waals surface area contributed by atoms with Gasteiger partial charge in [0, 0.05) is 0 Å². The number of hydrogen-bond acceptors (Lipinski definition) is 2. The van der Waals surface area contributed by atoms with E-state index in [0.29, 0.717) is 0 Å². The summed E-state index contributed by atoms with van der Waals surface area (Å²) in [6.45, 7) is -0.411. The molecule has 0 bridgehead atoms. The van der Waals surface area contributed by atoms with Gasteiger partial charge in [0.1, 0.15) is 0 Å². The van der Waals surface area contributed by atoms with Crippen LogP contribution in [0.15, 0.2) is 11.8 Å². The van der Waals surface area contributed by atoms with Crippen molar-refractivity contribution in [3.63, 3.8) is 0 Å². The summed E-state index contributed by atoms with van der Waals surface area (Å²) in [6, 6.07) is -1.26. The zero-order chi connectivity index (χ0) is 5.28. The minimum Gasteiger partial charge on any atom is -0.303 e. The van der Waals surface area contributed by atoms with Crippen LogP contribution >= 0.6 is 0 Å². The van der Waals surface area contributed by atoms with Gasteiger partial charge in [0.25, 0.3) is 0 Å². The van der Waals surface area contributed by atoms with E-state index in [2.05, 4.69) is 9.78 Å². The van der Waals surface area contributed by atoms with Gasteiger partial charge in [-0.05, 0) is 0 Å². The van der Waals surface area contributed by atoms with Crippen molar-refractivity contribution in [3.05, 3.63) is 11.8 Å². The molecule has 2 nitrogen and oxygen atoms in total. The third-order valence-corrected chi connectivity index (χ3v) is 0.531. The van der Waals surface area contributed by atoms with Gasteiger partial charge >= 0.3 is 6.01 Å². The van der Waals surface area contributed by atoms with Crippen LogP contribution in [0.4, 0.5) is 8.78 Å². The summed E-state index contributed by atoms with van der Waals surface area (Å²) < 4.78 is 23.0. The van der Waals surface area contributed by atoms with Gasteiger partial charge in [0.05, 0.1) is 0 Å². The first kappa shape index (κ1) is 4.52. The predicted molar refractivity (Wildman–Crippen MR) is 16.3 cm³/mol. The number of halogens is 2. The first-order valence-corrected chi connectivity index (χ1v) is 1.64. The topological polar surface area (TPSA) is 18.5 Å². The van der Waals surface area contributed by atoms with Crippen molar-refractivity contribution in [2.24, 2.45) is 0 Å². The Labute approximate surface area is 38.3 Å². The molecular weight excluding hydrogens is 106 g/mol. The standard InChI is InChI=1S/C3H2F2O2/c4-2-1-6-7-3(2)5/h1H2. The molecule has 0 fully saturated rings. The lowest BCUT2D eigenvalue weighted by atomic mass is 10.6. The van der Waals surface area contributed by atoms with Gasteiger partial charge in [-0.2, -0.15) is 9.28 Å². The van der Waals surface area contributed by atoms with Crippen LogP contribution in [-0.4, -0.2) is 6.61 Å². The SMILES string of the molecule is FC1=C(F)OOC1. The zero-order valence-electron chi connectivity index (χ0n) is 3.28. The van der Waals surface area contributed by atoms with Crippen LogP contribution in [0, 0.1) is 0 Å². The van der Waals surface area contributed by atoms with E-state index in [1.165, 1.54) is 0 Å². The van der Waals surface area contributed by atoms with E-state index in [-0.39, 0.29) is 0 Å². The van der Waals surface area contributed by atoms with E-state index in [1.54, 1.807) is 0 Å². The molecule has 0 N–H and O–H groups in total. The molecule has 0 aliphatic carbocycles. The van der Waals surface area contributed by atoms with E-state index < -0.39 is 18.4 Å². The molecule has 0 saturated heterocycles. The molecule has 0 aromatic rings. The van der Waals surface area contributed by atoms with E-state index in [0.717, 1.165) is 0 Å².